The first kappa shape index (κ1) is 13.9. The summed E-state index contributed by atoms with van der Waals surface area (Å²) >= 11 is 0. The molecule has 0 atom stereocenters. The Kier molecular flexibility index (Phi) is 4.40. The van der Waals surface area contributed by atoms with Crippen LogP contribution >= 0.6 is 0 Å². The summed E-state index contributed by atoms with van der Waals surface area (Å²) in [5, 5.41) is 0. The summed E-state index contributed by atoms with van der Waals surface area (Å²) in [7, 11) is 0. The van der Waals surface area contributed by atoms with Gasteiger partial charge in [-0.05, 0) is 49.9 Å². The van der Waals surface area contributed by atoms with Crippen molar-refractivity contribution in [1.29, 1.82) is 0 Å². The van der Waals surface area contributed by atoms with Gasteiger partial charge in [-0.25, -0.2) is 9.97 Å². The van der Waals surface area contributed by atoms with Crippen LogP contribution in [0.2, 0.25) is 0 Å². The Balaban J connectivity index is 1.72. The summed E-state index contributed by atoms with van der Waals surface area (Å²) in [6.07, 6.45) is 8.92. The average molecular weight is 283 g/mol. The molecule has 1 aliphatic rings. The lowest BCUT2D eigenvalue weighted by Gasteiger charge is -2.32. The van der Waals surface area contributed by atoms with Gasteiger partial charge in [-0.3, -0.25) is 4.98 Å². The lowest BCUT2D eigenvalue weighted by atomic mass is 9.94. The highest BCUT2D eigenvalue weighted by Crippen LogP contribution is 2.24. The minimum Gasteiger partial charge on any atom is -0.356 e. The predicted molar refractivity (Wildman–Crippen MR) is 83.9 cm³/mol. The maximum atomic E-state index is 5.65. The van der Waals surface area contributed by atoms with Gasteiger partial charge < -0.3 is 10.6 Å². The van der Waals surface area contributed by atoms with E-state index in [1.807, 2.05) is 24.4 Å². The van der Waals surface area contributed by atoms with Crippen LogP contribution in [0.1, 0.15) is 19.3 Å². The van der Waals surface area contributed by atoms with Crippen molar-refractivity contribution in [3.63, 3.8) is 0 Å². The smallest absolute Gasteiger partial charge is 0.163 e. The molecule has 2 aromatic heterocycles. The van der Waals surface area contributed by atoms with E-state index < -0.39 is 0 Å². The molecule has 0 aliphatic carbocycles. The second-order valence-electron chi connectivity index (χ2n) is 5.49. The van der Waals surface area contributed by atoms with Crippen LogP contribution in [0.25, 0.3) is 11.4 Å². The molecular formula is C16H21N5. The van der Waals surface area contributed by atoms with Crippen LogP contribution in [0.5, 0.6) is 0 Å². The van der Waals surface area contributed by atoms with Crippen LogP contribution in [0.15, 0.2) is 36.8 Å². The van der Waals surface area contributed by atoms with Crippen LogP contribution in [0.3, 0.4) is 0 Å². The summed E-state index contributed by atoms with van der Waals surface area (Å²) in [6.45, 7) is 2.89. The fourth-order valence-corrected chi connectivity index (χ4v) is 2.85. The van der Waals surface area contributed by atoms with Gasteiger partial charge in [0.1, 0.15) is 5.82 Å². The van der Waals surface area contributed by atoms with E-state index in [1.54, 1.807) is 12.4 Å². The standard InChI is InChI=1S/C16H21N5/c17-7-3-13-5-10-21(11-6-13)15-4-9-19-16(20-15)14-2-1-8-18-12-14/h1-2,4,8-9,12-13H,3,5-7,10-11,17H2. The van der Waals surface area contributed by atoms with Crippen molar-refractivity contribution in [3.8, 4) is 11.4 Å². The van der Waals surface area contributed by atoms with Crippen molar-refractivity contribution in [1.82, 2.24) is 15.0 Å². The van der Waals surface area contributed by atoms with Gasteiger partial charge in [0.2, 0.25) is 0 Å². The molecule has 0 unspecified atom stereocenters. The van der Waals surface area contributed by atoms with Crippen molar-refractivity contribution in [3.05, 3.63) is 36.8 Å². The van der Waals surface area contributed by atoms with Gasteiger partial charge in [-0.15, -0.1) is 0 Å². The molecule has 0 radical (unpaired) electrons. The zero-order chi connectivity index (χ0) is 14.5. The van der Waals surface area contributed by atoms with E-state index in [-0.39, 0.29) is 0 Å². The number of pyridine rings is 1. The molecule has 3 heterocycles. The van der Waals surface area contributed by atoms with Gasteiger partial charge in [0.25, 0.3) is 0 Å². The van der Waals surface area contributed by atoms with Crippen LogP contribution < -0.4 is 10.6 Å². The zero-order valence-electron chi connectivity index (χ0n) is 12.2. The van der Waals surface area contributed by atoms with Crippen molar-refractivity contribution < 1.29 is 0 Å². The number of hydrogen-bond donors (Lipinski definition) is 1. The quantitative estimate of drug-likeness (QED) is 0.930. The second kappa shape index (κ2) is 6.63. The molecule has 0 saturated carbocycles. The van der Waals surface area contributed by atoms with Crippen LogP contribution in [-0.2, 0) is 0 Å². The van der Waals surface area contributed by atoms with E-state index in [2.05, 4.69) is 19.9 Å². The number of hydrogen-bond acceptors (Lipinski definition) is 5. The summed E-state index contributed by atoms with van der Waals surface area (Å²) < 4.78 is 0. The Hall–Kier alpha value is -2.01. The lowest BCUT2D eigenvalue weighted by Crippen LogP contribution is -2.34. The summed E-state index contributed by atoms with van der Waals surface area (Å²) in [4.78, 5) is 15.5. The molecule has 1 fully saturated rings. The predicted octanol–water partition coefficient (Wildman–Crippen LogP) is 2.10. The number of aromatic nitrogens is 3. The first-order valence-electron chi connectivity index (χ1n) is 7.55. The molecule has 2 N–H and O–H groups in total. The minimum absolute atomic E-state index is 0.740. The van der Waals surface area contributed by atoms with Gasteiger partial charge in [-0.1, -0.05) is 0 Å². The number of nitrogens with two attached hydrogens (primary N) is 1. The van der Waals surface area contributed by atoms with E-state index >= 15 is 0 Å². The maximum absolute atomic E-state index is 5.65. The molecule has 5 heteroatoms. The van der Waals surface area contributed by atoms with E-state index in [9.17, 15) is 0 Å². The van der Waals surface area contributed by atoms with E-state index in [0.29, 0.717) is 0 Å². The van der Waals surface area contributed by atoms with Crippen molar-refractivity contribution in [2.45, 2.75) is 19.3 Å². The molecule has 0 aromatic carbocycles. The Labute approximate surface area is 125 Å². The highest BCUT2D eigenvalue weighted by Gasteiger charge is 2.19. The Morgan fingerprint density at radius 3 is 2.76 bits per heavy atom. The van der Waals surface area contributed by atoms with Crippen LogP contribution in [0, 0.1) is 5.92 Å². The second-order valence-corrected chi connectivity index (χ2v) is 5.49. The number of anilines is 1. The SMILES string of the molecule is NCCC1CCN(c2ccnc(-c3cccnc3)n2)CC1. The molecule has 21 heavy (non-hydrogen) atoms. The molecule has 1 aliphatic heterocycles. The largest absolute Gasteiger partial charge is 0.356 e. The van der Waals surface area contributed by atoms with Crippen molar-refractivity contribution in [2.24, 2.45) is 11.7 Å². The van der Waals surface area contributed by atoms with Gasteiger partial charge in [-0.2, -0.15) is 0 Å². The fourth-order valence-electron chi connectivity index (χ4n) is 2.85. The molecular weight excluding hydrogens is 262 g/mol. The van der Waals surface area contributed by atoms with Gasteiger partial charge in [0.05, 0.1) is 0 Å². The third-order valence-electron chi connectivity index (χ3n) is 4.07. The topological polar surface area (TPSA) is 67.9 Å². The van der Waals surface area contributed by atoms with E-state index in [0.717, 1.165) is 49.2 Å². The molecule has 5 nitrogen and oxygen atoms in total. The molecule has 110 valence electrons. The molecule has 2 aromatic rings. The molecule has 1 saturated heterocycles. The Morgan fingerprint density at radius 1 is 1.19 bits per heavy atom. The summed E-state index contributed by atoms with van der Waals surface area (Å²) in [6, 6.07) is 5.88. The third kappa shape index (κ3) is 3.36. The zero-order valence-corrected chi connectivity index (χ0v) is 12.2. The van der Waals surface area contributed by atoms with Gasteiger partial charge >= 0.3 is 0 Å². The monoisotopic (exact) mass is 283 g/mol. The van der Waals surface area contributed by atoms with E-state index in [4.69, 9.17) is 5.73 Å². The van der Waals surface area contributed by atoms with Gasteiger partial charge in [0, 0.05) is 37.2 Å². The normalized spacial score (nSPS) is 16.1. The number of piperidine rings is 1. The molecule has 3 rings (SSSR count). The summed E-state index contributed by atoms with van der Waals surface area (Å²) in [5.41, 5.74) is 6.61. The molecule has 0 amide bonds. The fraction of sp³-hybridized carbons (Fsp3) is 0.438. The number of nitrogens with zero attached hydrogens (tertiary/aromatic N) is 4. The van der Waals surface area contributed by atoms with E-state index in [1.165, 1.54) is 12.8 Å². The minimum atomic E-state index is 0.740. The van der Waals surface area contributed by atoms with Crippen molar-refractivity contribution in [2.75, 3.05) is 24.5 Å². The van der Waals surface area contributed by atoms with Crippen LogP contribution in [-0.4, -0.2) is 34.6 Å². The third-order valence-corrected chi connectivity index (χ3v) is 4.07. The maximum Gasteiger partial charge on any atom is 0.163 e. The number of rotatable bonds is 4. The highest BCUT2D eigenvalue weighted by atomic mass is 15.2. The first-order chi connectivity index (χ1) is 10.4. The average Bonchev–Trinajstić information content (AvgIpc) is 2.57. The molecule has 0 bridgehead atoms. The Morgan fingerprint density at radius 2 is 2.05 bits per heavy atom. The first-order valence-corrected chi connectivity index (χ1v) is 7.55. The van der Waals surface area contributed by atoms with Gasteiger partial charge in [0.15, 0.2) is 5.82 Å². The summed E-state index contributed by atoms with van der Waals surface area (Å²) in [5.74, 6) is 2.52. The lowest BCUT2D eigenvalue weighted by molar-refractivity contribution is 0.385. The van der Waals surface area contributed by atoms with Crippen molar-refractivity contribution >= 4 is 5.82 Å². The Bertz CT molecular complexity index is 564. The molecule has 0 spiro atoms. The highest BCUT2D eigenvalue weighted by molar-refractivity contribution is 5.55. The van der Waals surface area contributed by atoms with Crippen LogP contribution in [0.4, 0.5) is 5.82 Å².